The lowest BCUT2D eigenvalue weighted by Crippen LogP contribution is -2.11. The lowest BCUT2D eigenvalue weighted by atomic mass is 10.1. The number of amides is 1. The number of benzene rings is 2. The molecule has 19 heavy (non-hydrogen) atoms. The van der Waals surface area contributed by atoms with Crippen molar-refractivity contribution in [2.45, 2.75) is 13.8 Å². The van der Waals surface area contributed by atoms with Gasteiger partial charge in [0.1, 0.15) is 5.75 Å². The number of rotatable bonds is 3. The predicted octanol–water partition coefficient (Wildman–Crippen LogP) is 2.78. The van der Waals surface area contributed by atoms with Gasteiger partial charge in [-0.3, -0.25) is 4.79 Å². The summed E-state index contributed by atoms with van der Waals surface area (Å²) >= 11 is 0. The summed E-state index contributed by atoms with van der Waals surface area (Å²) in [4.78, 5) is 11.2. The lowest BCUT2D eigenvalue weighted by molar-refractivity contribution is 0.1000. The van der Waals surface area contributed by atoms with Crippen LogP contribution in [0.2, 0.25) is 0 Å². The molecule has 4 heteroatoms. The van der Waals surface area contributed by atoms with Crippen LogP contribution in [0, 0.1) is 13.8 Å². The molecular weight excluding hydrogens is 240 g/mol. The van der Waals surface area contributed by atoms with E-state index >= 15 is 0 Å². The highest BCUT2D eigenvalue weighted by Crippen LogP contribution is 2.30. The van der Waals surface area contributed by atoms with Gasteiger partial charge in [-0.1, -0.05) is 17.7 Å². The van der Waals surface area contributed by atoms with Gasteiger partial charge in [-0.05, 0) is 43.7 Å². The topological polar surface area (TPSA) is 78.3 Å². The molecule has 0 bridgehead atoms. The fourth-order valence-electron chi connectivity index (χ4n) is 1.81. The van der Waals surface area contributed by atoms with Gasteiger partial charge in [-0.15, -0.1) is 0 Å². The number of carbonyl (C=O) groups excluding carboxylic acids is 1. The van der Waals surface area contributed by atoms with Crippen molar-refractivity contribution in [3.63, 3.8) is 0 Å². The number of anilines is 1. The molecule has 0 atom stereocenters. The highest BCUT2D eigenvalue weighted by Gasteiger charge is 2.08. The van der Waals surface area contributed by atoms with Gasteiger partial charge in [0.25, 0.3) is 0 Å². The van der Waals surface area contributed by atoms with Crippen molar-refractivity contribution in [1.29, 1.82) is 0 Å². The van der Waals surface area contributed by atoms with E-state index in [0.717, 1.165) is 11.1 Å². The zero-order valence-corrected chi connectivity index (χ0v) is 10.9. The first-order chi connectivity index (χ1) is 8.97. The van der Waals surface area contributed by atoms with Crippen molar-refractivity contribution < 1.29 is 9.53 Å². The molecule has 0 unspecified atom stereocenters. The first kappa shape index (κ1) is 13.0. The van der Waals surface area contributed by atoms with Crippen LogP contribution in [0.25, 0.3) is 0 Å². The van der Waals surface area contributed by atoms with Crippen LogP contribution >= 0.6 is 0 Å². The summed E-state index contributed by atoms with van der Waals surface area (Å²) in [7, 11) is 0. The number of carbonyl (C=O) groups is 1. The van der Waals surface area contributed by atoms with Crippen molar-refractivity contribution in [2.75, 3.05) is 5.73 Å². The molecule has 4 N–H and O–H groups in total. The van der Waals surface area contributed by atoms with Gasteiger partial charge < -0.3 is 16.2 Å². The van der Waals surface area contributed by atoms with E-state index in [2.05, 4.69) is 0 Å². The fraction of sp³-hybridized carbons (Fsp3) is 0.133. The second kappa shape index (κ2) is 5.02. The molecule has 0 aliphatic heterocycles. The SMILES string of the molecule is Cc1ccc(Oc2cc(C(N)=O)ccc2N)c(C)c1. The molecule has 4 nitrogen and oxygen atoms in total. The minimum Gasteiger partial charge on any atom is -0.455 e. The van der Waals surface area contributed by atoms with E-state index in [4.69, 9.17) is 16.2 Å². The minimum atomic E-state index is -0.509. The molecule has 0 spiro atoms. The summed E-state index contributed by atoms with van der Waals surface area (Å²) in [5, 5.41) is 0. The molecule has 0 fully saturated rings. The maximum Gasteiger partial charge on any atom is 0.248 e. The number of hydrogen-bond donors (Lipinski definition) is 2. The average molecular weight is 256 g/mol. The normalized spacial score (nSPS) is 10.2. The summed E-state index contributed by atoms with van der Waals surface area (Å²) in [5.41, 5.74) is 14.1. The Kier molecular flexibility index (Phi) is 3.42. The average Bonchev–Trinajstić information content (AvgIpc) is 2.34. The van der Waals surface area contributed by atoms with Crippen LogP contribution in [0.15, 0.2) is 36.4 Å². The van der Waals surface area contributed by atoms with E-state index in [1.807, 2.05) is 32.0 Å². The van der Waals surface area contributed by atoms with Gasteiger partial charge in [0, 0.05) is 5.56 Å². The molecule has 2 aromatic carbocycles. The van der Waals surface area contributed by atoms with Crippen LogP contribution in [-0.4, -0.2) is 5.91 Å². The van der Waals surface area contributed by atoms with E-state index in [0.29, 0.717) is 22.7 Å². The lowest BCUT2D eigenvalue weighted by Gasteiger charge is -2.12. The number of ether oxygens (including phenoxy) is 1. The monoisotopic (exact) mass is 256 g/mol. The van der Waals surface area contributed by atoms with Gasteiger partial charge in [0.15, 0.2) is 5.75 Å². The molecule has 0 saturated heterocycles. The van der Waals surface area contributed by atoms with Gasteiger partial charge in [0.05, 0.1) is 5.69 Å². The summed E-state index contributed by atoms with van der Waals surface area (Å²) in [5.74, 6) is 0.632. The number of nitrogen functional groups attached to an aromatic ring is 1. The van der Waals surface area contributed by atoms with Crippen LogP contribution in [0.4, 0.5) is 5.69 Å². The van der Waals surface area contributed by atoms with Crippen LogP contribution < -0.4 is 16.2 Å². The zero-order valence-electron chi connectivity index (χ0n) is 10.9. The Morgan fingerprint density at radius 2 is 1.79 bits per heavy atom. The van der Waals surface area contributed by atoms with Gasteiger partial charge >= 0.3 is 0 Å². The molecule has 0 aliphatic rings. The third-order valence-electron chi connectivity index (χ3n) is 2.85. The second-order valence-corrected chi connectivity index (χ2v) is 4.49. The van der Waals surface area contributed by atoms with Gasteiger partial charge in [0.2, 0.25) is 5.91 Å². The molecule has 2 aromatic rings. The minimum absolute atomic E-state index is 0.369. The molecule has 98 valence electrons. The number of aryl methyl sites for hydroxylation is 2. The number of hydrogen-bond acceptors (Lipinski definition) is 3. The molecular formula is C15H16N2O2. The van der Waals surface area contributed by atoms with E-state index in [1.54, 1.807) is 18.2 Å². The smallest absolute Gasteiger partial charge is 0.248 e. The van der Waals surface area contributed by atoms with Crippen molar-refractivity contribution in [3.05, 3.63) is 53.1 Å². The van der Waals surface area contributed by atoms with Gasteiger partial charge in [-0.2, -0.15) is 0 Å². The Hall–Kier alpha value is -2.49. The van der Waals surface area contributed by atoms with Crippen LogP contribution in [0.3, 0.4) is 0 Å². The largest absolute Gasteiger partial charge is 0.455 e. The first-order valence-corrected chi connectivity index (χ1v) is 5.92. The van der Waals surface area contributed by atoms with Crippen molar-refractivity contribution >= 4 is 11.6 Å². The Balaban J connectivity index is 2.37. The van der Waals surface area contributed by atoms with Crippen LogP contribution in [0.5, 0.6) is 11.5 Å². The summed E-state index contributed by atoms with van der Waals surface area (Å²) < 4.78 is 5.75. The van der Waals surface area contributed by atoms with E-state index in [-0.39, 0.29) is 0 Å². The summed E-state index contributed by atoms with van der Waals surface area (Å²) in [6, 6.07) is 10.6. The Morgan fingerprint density at radius 1 is 1.05 bits per heavy atom. The molecule has 0 aromatic heterocycles. The molecule has 0 aliphatic carbocycles. The maximum atomic E-state index is 11.2. The van der Waals surface area contributed by atoms with E-state index in [1.165, 1.54) is 0 Å². The number of nitrogens with two attached hydrogens (primary N) is 2. The Bertz CT molecular complexity index is 636. The van der Waals surface area contributed by atoms with Crippen molar-refractivity contribution in [2.24, 2.45) is 5.73 Å². The third-order valence-corrected chi connectivity index (χ3v) is 2.85. The Morgan fingerprint density at radius 3 is 2.42 bits per heavy atom. The fourth-order valence-corrected chi connectivity index (χ4v) is 1.81. The number of primary amides is 1. The zero-order chi connectivity index (χ0) is 14.0. The first-order valence-electron chi connectivity index (χ1n) is 5.92. The van der Waals surface area contributed by atoms with E-state index in [9.17, 15) is 4.79 Å². The highest BCUT2D eigenvalue weighted by molar-refractivity contribution is 5.93. The maximum absolute atomic E-state index is 11.2. The molecule has 0 radical (unpaired) electrons. The molecule has 0 saturated carbocycles. The van der Waals surface area contributed by atoms with Gasteiger partial charge in [-0.25, -0.2) is 0 Å². The van der Waals surface area contributed by atoms with Crippen LogP contribution in [-0.2, 0) is 0 Å². The molecule has 0 heterocycles. The summed E-state index contributed by atoms with van der Waals surface area (Å²) in [6.07, 6.45) is 0. The standard InChI is InChI=1S/C15H16N2O2/c1-9-3-6-13(10(2)7-9)19-14-8-11(15(17)18)4-5-12(14)16/h3-8H,16H2,1-2H3,(H2,17,18). The van der Waals surface area contributed by atoms with Crippen molar-refractivity contribution in [1.82, 2.24) is 0 Å². The van der Waals surface area contributed by atoms with E-state index < -0.39 is 5.91 Å². The third kappa shape index (κ3) is 2.85. The summed E-state index contributed by atoms with van der Waals surface area (Å²) in [6.45, 7) is 3.97. The Labute approximate surface area is 112 Å². The second-order valence-electron chi connectivity index (χ2n) is 4.49. The van der Waals surface area contributed by atoms with Crippen molar-refractivity contribution in [3.8, 4) is 11.5 Å². The molecule has 2 rings (SSSR count). The van der Waals surface area contributed by atoms with Crippen LogP contribution in [0.1, 0.15) is 21.5 Å². The highest BCUT2D eigenvalue weighted by atomic mass is 16.5. The quantitative estimate of drug-likeness (QED) is 0.829. The molecule has 1 amide bonds. The predicted molar refractivity (Wildman–Crippen MR) is 75.4 cm³/mol.